The normalized spacial score (nSPS) is 10.7. The number of ketones is 1. The van der Waals surface area contributed by atoms with Gasteiger partial charge in [0.1, 0.15) is 0 Å². The van der Waals surface area contributed by atoms with Crippen molar-refractivity contribution >= 4 is 32.6 Å². The summed E-state index contributed by atoms with van der Waals surface area (Å²) < 4.78 is 0.965. The third-order valence-electron chi connectivity index (χ3n) is 3.24. The van der Waals surface area contributed by atoms with Gasteiger partial charge in [-0.25, -0.2) is 0 Å². The fourth-order valence-corrected chi connectivity index (χ4v) is 2.58. The summed E-state index contributed by atoms with van der Waals surface area (Å²) in [7, 11) is 0. The maximum Gasteiger partial charge on any atom is 0.167 e. The second-order valence-electron chi connectivity index (χ2n) is 4.60. The van der Waals surface area contributed by atoms with Crippen LogP contribution < -0.4 is 0 Å². The Hall–Kier alpha value is -2.00. The molecule has 0 saturated carbocycles. The van der Waals surface area contributed by atoms with E-state index in [9.17, 15) is 4.79 Å². The molecule has 3 rings (SSSR count). The monoisotopic (exact) mass is 325 g/mol. The molecule has 0 radical (unpaired) electrons. The van der Waals surface area contributed by atoms with Gasteiger partial charge in [0, 0.05) is 28.0 Å². The second kappa shape index (κ2) is 5.55. The van der Waals surface area contributed by atoms with Crippen molar-refractivity contribution in [1.82, 2.24) is 4.98 Å². The lowest BCUT2D eigenvalue weighted by atomic mass is 10.0. The minimum atomic E-state index is 0.101. The summed E-state index contributed by atoms with van der Waals surface area (Å²) in [5, 5.41) is 1.05. The van der Waals surface area contributed by atoms with Crippen LogP contribution >= 0.6 is 15.9 Å². The number of Topliss-reactive ketones (excluding diaryl/α,β-unsaturated/α-hetero) is 1. The Bertz CT molecular complexity index is 783. The van der Waals surface area contributed by atoms with Crippen LogP contribution in [0.1, 0.15) is 15.9 Å². The molecule has 0 saturated heterocycles. The number of nitrogens with zero attached hydrogens (tertiary/aromatic N) is 1. The summed E-state index contributed by atoms with van der Waals surface area (Å²) in [4.78, 5) is 16.6. The molecule has 3 heteroatoms. The van der Waals surface area contributed by atoms with Crippen LogP contribution in [0.15, 0.2) is 65.3 Å². The number of hydrogen-bond acceptors (Lipinski definition) is 2. The Labute approximate surface area is 125 Å². The number of aromatic nitrogens is 1. The predicted octanol–water partition coefficient (Wildman–Crippen LogP) is 4.42. The van der Waals surface area contributed by atoms with E-state index in [-0.39, 0.29) is 5.78 Å². The first-order valence-electron chi connectivity index (χ1n) is 6.35. The Balaban J connectivity index is 1.91. The van der Waals surface area contributed by atoms with Crippen molar-refractivity contribution in [1.29, 1.82) is 0 Å². The summed E-state index contributed by atoms with van der Waals surface area (Å²) >= 11 is 3.47. The van der Waals surface area contributed by atoms with Gasteiger partial charge in [-0.2, -0.15) is 0 Å². The molecule has 0 atom stereocenters. The number of carbonyl (C=O) groups excluding carboxylic acids is 1. The van der Waals surface area contributed by atoms with Gasteiger partial charge in [-0.1, -0.05) is 52.3 Å². The fourth-order valence-electron chi connectivity index (χ4n) is 2.16. The molecule has 0 aliphatic carbocycles. The van der Waals surface area contributed by atoms with E-state index in [0.717, 1.165) is 20.9 Å². The number of benzene rings is 2. The van der Waals surface area contributed by atoms with E-state index in [1.807, 2.05) is 54.6 Å². The van der Waals surface area contributed by atoms with Gasteiger partial charge in [0.05, 0.1) is 5.52 Å². The van der Waals surface area contributed by atoms with Gasteiger partial charge < -0.3 is 0 Å². The highest BCUT2D eigenvalue weighted by Gasteiger charge is 2.10. The highest BCUT2D eigenvalue weighted by molar-refractivity contribution is 9.10. The molecule has 0 aliphatic rings. The van der Waals surface area contributed by atoms with E-state index in [0.29, 0.717) is 12.0 Å². The lowest BCUT2D eigenvalue weighted by Gasteiger charge is -2.05. The molecule has 0 fully saturated rings. The standard InChI is InChI=1S/C17H12BrNO/c18-15-6-2-1-4-13(15)11-17(20)14-8-7-12-5-3-9-19-16(12)10-14/h1-10H,11H2. The molecule has 0 amide bonds. The largest absolute Gasteiger partial charge is 0.294 e. The van der Waals surface area contributed by atoms with Crippen molar-refractivity contribution in [3.8, 4) is 0 Å². The van der Waals surface area contributed by atoms with E-state index < -0.39 is 0 Å². The van der Waals surface area contributed by atoms with Gasteiger partial charge in [-0.3, -0.25) is 9.78 Å². The van der Waals surface area contributed by atoms with Crippen LogP contribution in [0, 0.1) is 0 Å². The second-order valence-corrected chi connectivity index (χ2v) is 5.46. The topological polar surface area (TPSA) is 30.0 Å². The van der Waals surface area contributed by atoms with Crippen molar-refractivity contribution in [2.75, 3.05) is 0 Å². The highest BCUT2D eigenvalue weighted by Crippen LogP contribution is 2.19. The molecule has 20 heavy (non-hydrogen) atoms. The van der Waals surface area contributed by atoms with Gasteiger partial charge >= 0.3 is 0 Å². The zero-order valence-corrected chi connectivity index (χ0v) is 12.3. The number of fused-ring (bicyclic) bond motifs is 1. The molecular weight excluding hydrogens is 314 g/mol. The third-order valence-corrected chi connectivity index (χ3v) is 4.01. The maximum absolute atomic E-state index is 12.4. The first-order valence-corrected chi connectivity index (χ1v) is 7.15. The number of rotatable bonds is 3. The van der Waals surface area contributed by atoms with Crippen LogP contribution in [0.2, 0.25) is 0 Å². The molecule has 2 aromatic carbocycles. The van der Waals surface area contributed by atoms with Gasteiger partial charge in [0.15, 0.2) is 5.78 Å². The van der Waals surface area contributed by atoms with Gasteiger partial charge in [-0.15, -0.1) is 0 Å². The minimum Gasteiger partial charge on any atom is -0.294 e. The summed E-state index contributed by atoms with van der Waals surface area (Å²) in [6.07, 6.45) is 2.13. The molecule has 1 aromatic heterocycles. The maximum atomic E-state index is 12.4. The van der Waals surface area contributed by atoms with Crippen molar-refractivity contribution in [2.24, 2.45) is 0 Å². The molecule has 3 aromatic rings. The molecule has 0 bridgehead atoms. The average Bonchev–Trinajstić information content (AvgIpc) is 2.49. The van der Waals surface area contributed by atoms with Crippen molar-refractivity contribution in [2.45, 2.75) is 6.42 Å². The highest BCUT2D eigenvalue weighted by atomic mass is 79.9. The van der Waals surface area contributed by atoms with Gasteiger partial charge in [0.2, 0.25) is 0 Å². The van der Waals surface area contributed by atoms with Crippen LogP contribution in [0.3, 0.4) is 0 Å². The number of hydrogen-bond donors (Lipinski definition) is 0. The number of halogens is 1. The fraction of sp³-hybridized carbons (Fsp3) is 0.0588. The average molecular weight is 326 g/mol. The summed E-state index contributed by atoms with van der Waals surface area (Å²) in [6, 6.07) is 17.3. The van der Waals surface area contributed by atoms with Crippen molar-refractivity contribution < 1.29 is 4.79 Å². The zero-order valence-electron chi connectivity index (χ0n) is 10.7. The number of pyridine rings is 1. The van der Waals surface area contributed by atoms with Crippen LogP contribution in [-0.2, 0) is 6.42 Å². The van der Waals surface area contributed by atoms with Gasteiger partial charge in [-0.05, 0) is 23.8 Å². The zero-order chi connectivity index (χ0) is 13.9. The lowest BCUT2D eigenvalue weighted by Crippen LogP contribution is -2.04. The van der Waals surface area contributed by atoms with E-state index >= 15 is 0 Å². The van der Waals surface area contributed by atoms with E-state index in [2.05, 4.69) is 20.9 Å². The summed E-state index contributed by atoms with van der Waals surface area (Å²) in [5.41, 5.74) is 2.55. The smallest absolute Gasteiger partial charge is 0.167 e. The molecular formula is C17H12BrNO. The first-order chi connectivity index (χ1) is 9.74. The summed E-state index contributed by atoms with van der Waals surface area (Å²) in [6.45, 7) is 0. The van der Waals surface area contributed by atoms with Crippen molar-refractivity contribution in [3.05, 3.63) is 76.4 Å². The van der Waals surface area contributed by atoms with E-state index in [1.54, 1.807) is 6.20 Å². The first kappa shape index (κ1) is 13.0. The van der Waals surface area contributed by atoms with Gasteiger partial charge in [0.25, 0.3) is 0 Å². The quantitative estimate of drug-likeness (QED) is 0.667. The Kier molecular flexibility index (Phi) is 3.61. The van der Waals surface area contributed by atoms with Crippen LogP contribution in [0.4, 0.5) is 0 Å². The molecule has 2 nitrogen and oxygen atoms in total. The molecule has 1 heterocycles. The molecule has 0 aliphatic heterocycles. The Morgan fingerprint density at radius 1 is 1.05 bits per heavy atom. The third kappa shape index (κ3) is 2.63. The molecule has 0 N–H and O–H groups in total. The van der Waals surface area contributed by atoms with E-state index in [1.165, 1.54) is 0 Å². The molecule has 98 valence electrons. The number of carbonyl (C=O) groups is 1. The van der Waals surface area contributed by atoms with Crippen molar-refractivity contribution in [3.63, 3.8) is 0 Å². The molecule has 0 unspecified atom stereocenters. The Morgan fingerprint density at radius 2 is 1.90 bits per heavy atom. The van der Waals surface area contributed by atoms with Crippen LogP contribution in [0.25, 0.3) is 10.9 Å². The molecule has 0 spiro atoms. The summed E-state index contributed by atoms with van der Waals surface area (Å²) in [5.74, 6) is 0.101. The SMILES string of the molecule is O=C(Cc1ccccc1Br)c1ccc2cccnc2c1. The minimum absolute atomic E-state index is 0.101. The van der Waals surface area contributed by atoms with E-state index in [4.69, 9.17) is 0 Å². The van der Waals surface area contributed by atoms with Crippen LogP contribution in [-0.4, -0.2) is 10.8 Å². The lowest BCUT2D eigenvalue weighted by molar-refractivity contribution is 0.0993. The predicted molar refractivity (Wildman–Crippen MR) is 83.9 cm³/mol. The Morgan fingerprint density at radius 3 is 2.75 bits per heavy atom. The van der Waals surface area contributed by atoms with Crippen LogP contribution in [0.5, 0.6) is 0 Å².